The smallest absolute Gasteiger partial charge is 0.369 e. The van der Waals surface area contributed by atoms with Gasteiger partial charge in [0.15, 0.2) is 0 Å². The Hall–Kier alpha value is -1.84. The Morgan fingerprint density at radius 2 is 1.91 bits per heavy atom. The zero-order valence-corrected chi connectivity index (χ0v) is 19.5. The lowest BCUT2D eigenvalue weighted by Crippen LogP contribution is -2.63. The van der Waals surface area contributed by atoms with Gasteiger partial charge >= 0.3 is 6.18 Å². The van der Waals surface area contributed by atoms with Crippen molar-refractivity contribution in [1.82, 2.24) is 10.2 Å². The predicted molar refractivity (Wildman–Crippen MR) is 119 cm³/mol. The first-order valence-corrected chi connectivity index (χ1v) is 12.2. The largest absolute Gasteiger partial charge is 0.416 e. The molecule has 4 saturated carbocycles. The number of alkyl halides is 3. The highest BCUT2D eigenvalue weighted by molar-refractivity contribution is 6.31. The molecule has 4 bridgehead atoms. The third kappa shape index (κ3) is 4.42. The van der Waals surface area contributed by atoms with Crippen molar-refractivity contribution in [1.29, 1.82) is 0 Å². The normalized spacial score (nSPS) is 35.4. The number of morpholine rings is 1. The molecule has 186 valence electrons. The van der Waals surface area contributed by atoms with Crippen LogP contribution in [0.4, 0.5) is 13.2 Å². The van der Waals surface area contributed by atoms with Crippen molar-refractivity contribution < 1.29 is 27.5 Å². The summed E-state index contributed by atoms with van der Waals surface area (Å²) >= 11 is 6.16. The lowest BCUT2D eigenvalue weighted by atomic mass is 9.47. The number of carbonyl (C=O) groups excluding carboxylic acids is 2. The van der Waals surface area contributed by atoms with E-state index in [1.807, 2.05) is 4.90 Å². The molecule has 0 aromatic heterocycles. The summed E-state index contributed by atoms with van der Waals surface area (Å²) in [6.45, 7) is 1.27. The van der Waals surface area contributed by atoms with Crippen LogP contribution in [0.15, 0.2) is 18.2 Å². The summed E-state index contributed by atoms with van der Waals surface area (Å²) in [5.74, 6) is 0.566. The molecule has 10 heteroatoms. The number of hydrogen-bond acceptors (Lipinski definition) is 4. The third-order valence-electron chi connectivity index (χ3n) is 8.31. The molecule has 1 aromatic carbocycles. The quantitative estimate of drug-likeness (QED) is 0.650. The number of halogens is 4. The molecular weight excluding hydrogens is 471 g/mol. The minimum atomic E-state index is -4.45. The summed E-state index contributed by atoms with van der Waals surface area (Å²) in [6, 6.07) is 3.30. The average molecular weight is 500 g/mol. The van der Waals surface area contributed by atoms with Gasteiger partial charge in [0.1, 0.15) is 6.10 Å². The summed E-state index contributed by atoms with van der Waals surface area (Å²) in [5, 5.41) is 3.46. The second-order valence-corrected chi connectivity index (χ2v) is 11.0. The van der Waals surface area contributed by atoms with Gasteiger partial charge in [-0.3, -0.25) is 14.5 Å². The highest BCUT2D eigenvalue weighted by Gasteiger charge is 2.58. The van der Waals surface area contributed by atoms with E-state index < -0.39 is 23.3 Å². The van der Waals surface area contributed by atoms with E-state index in [0.717, 1.165) is 44.2 Å². The summed E-state index contributed by atoms with van der Waals surface area (Å²) in [5.41, 5.74) is 4.96. The number of benzene rings is 1. The standard InChI is InChI=1S/C24H29ClF3N3O3/c25-18-2-1-17(24(26,27)28)7-16(18)11-31-3-4-34-19(12-31)21(32)30-20-14-5-13-6-15(20)10-23(8-13,9-14)22(29)33/h1-2,7,13-15,19-20H,3-6,8-12H2,(H2,29,33)(H,30,32)/t13?,14?,15?,19-,20?,23?/m1/s1. The molecule has 2 amide bonds. The summed E-state index contributed by atoms with van der Waals surface area (Å²) in [4.78, 5) is 27.2. The van der Waals surface area contributed by atoms with E-state index in [9.17, 15) is 22.8 Å². The minimum Gasteiger partial charge on any atom is -0.369 e. The number of nitrogens with two attached hydrogens (primary N) is 1. The van der Waals surface area contributed by atoms with Crippen LogP contribution >= 0.6 is 11.6 Å². The number of ether oxygens (including phenoxy) is 1. The fourth-order valence-corrected chi connectivity index (χ4v) is 7.11. The first-order chi connectivity index (χ1) is 16.0. The van der Waals surface area contributed by atoms with E-state index in [-0.39, 0.29) is 47.8 Å². The second-order valence-electron chi connectivity index (χ2n) is 10.5. The molecule has 1 aromatic rings. The van der Waals surface area contributed by atoms with Gasteiger partial charge in [-0.2, -0.15) is 13.2 Å². The van der Waals surface area contributed by atoms with Crippen molar-refractivity contribution in [2.24, 2.45) is 28.9 Å². The number of rotatable bonds is 5. The molecule has 5 aliphatic rings. The first kappa shape index (κ1) is 23.9. The van der Waals surface area contributed by atoms with E-state index in [0.29, 0.717) is 24.6 Å². The molecule has 6 nitrogen and oxygen atoms in total. The number of nitrogens with zero attached hydrogens (tertiary/aromatic N) is 1. The minimum absolute atomic E-state index is 0.00779. The van der Waals surface area contributed by atoms with E-state index in [1.54, 1.807) is 0 Å². The van der Waals surface area contributed by atoms with Crippen molar-refractivity contribution in [2.45, 2.75) is 57.0 Å². The van der Waals surface area contributed by atoms with Crippen LogP contribution < -0.4 is 11.1 Å². The van der Waals surface area contributed by atoms with Crippen LogP contribution in [0.5, 0.6) is 0 Å². The van der Waals surface area contributed by atoms with Gasteiger partial charge in [-0.15, -0.1) is 0 Å². The van der Waals surface area contributed by atoms with E-state index in [4.69, 9.17) is 22.1 Å². The van der Waals surface area contributed by atoms with Crippen LogP contribution in [0.1, 0.15) is 43.2 Å². The van der Waals surface area contributed by atoms with Crippen LogP contribution in [0.25, 0.3) is 0 Å². The number of hydrogen-bond donors (Lipinski definition) is 2. The monoisotopic (exact) mass is 499 g/mol. The number of primary amides is 1. The van der Waals surface area contributed by atoms with Gasteiger partial charge in [-0.1, -0.05) is 11.6 Å². The fraction of sp³-hybridized carbons (Fsp3) is 0.667. The van der Waals surface area contributed by atoms with Crippen molar-refractivity contribution in [2.75, 3.05) is 19.7 Å². The number of carbonyl (C=O) groups is 2. The van der Waals surface area contributed by atoms with Crippen LogP contribution in [0.3, 0.4) is 0 Å². The maximum atomic E-state index is 13.1. The first-order valence-electron chi connectivity index (χ1n) is 11.8. The van der Waals surface area contributed by atoms with Gasteiger partial charge in [0, 0.05) is 36.1 Å². The maximum absolute atomic E-state index is 13.1. The molecule has 0 spiro atoms. The number of nitrogens with one attached hydrogen (secondary N) is 1. The van der Waals surface area contributed by atoms with Gasteiger partial charge in [-0.25, -0.2) is 0 Å². The second kappa shape index (κ2) is 8.68. The molecule has 4 aliphatic carbocycles. The van der Waals surface area contributed by atoms with Crippen LogP contribution in [-0.2, 0) is 27.0 Å². The highest BCUT2D eigenvalue weighted by Crippen LogP contribution is 2.59. The lowest BCUT2D eigenvalue weighted by molar-refractivity contribution is -0.151. The molecule has 1 aliphatic heterocycles. The Morgan fingerprint density at radius 1 is 1.21 bits per heavy atom. The fourth-order valence-electron chi connectivity index (χ4n) is 6.94. The molecule has 5 fully saturated rings. The van der Waals surface area contributed by atoms with Crippen molar-refractivity contribution in [3.63, 3.8) is 0 Å². The Kier molecular flexibility index (Phi) is 6.09. The maximum Gasteiger partial charge on any atom is 0.416 e. The molecule has 6 rings (SSSR count). The Bertz CT molecular complexity index is 972. The van der Waals surface area contributed by atoms with Crippen LogP contribution in [0, 0.1) is 23.2 Å². The summed E-state index contributed by atoms with van der Waals surface area (Å²) in [6.07, 6.45) is -0.823. The van der Waals surface area contributed by atoms with E-state index in [1.165, 1.54) is 6.07 Å². The van der Waals surface area contributed by atoms with Gasteiger partial charge in [0.05, 0.1) is 12.2 Å². The Balaban J connectivity index is 1.22. The van der Waals surface area contributed by atoms with Gasteiger partial charge in [-0.05, 0) is 73.6 Å². The van der Waals surface area contributed by atoms with Gasteiger partial charge < -0.3 is 15.8 Å². The Labute approximate surface area is 201 Å². The summed E-state index contributed by atoms with van der Waals surface area (Å²) in [7, 11) is 0. The van der Waals surface area contributed by atoms with E-state index >= 15 is 0 Å². The van der Waals surface area contributed by atoms with Crippen molar-refractivity contribution in [3.05, 3.63) is 34.3 Å². The highest BCUT2D eigenvalue weighted by atomic mass is 35.5. The molecule has 1 heterocycles. The van der Waals surface area contributed by atoms with Gasteiger partial charge in [0.25, 0.3) is 5.91 Å². The lowest BCUT2D eigenvalue weighted by Gasteiger charge is -2.59. The molecule has 2 unspecified atom stereocenters. The van der Waals surface area contributed by atoms with Crippen molar-refractivity contribution in [3.8, 4) is 0 Å². The zero-order valence-electron chi connectivity index (χ0n) is 18.7. The van der Waals surface area contributed by atoms with Crippen LogP contribution in [-0.4, -0.2) is 48.6 Å². The molecule has 1 saturated heterocycles. The predicted octanol–water partition coefficient (Wildman–Crippen LogP) is 3.36. The third-order valence-corrected chi connectivity index (χ3v) is 8.68. The molecule has 3 N–H and O–H groups in total. The molecule has 0 radical (unpaired) electrons. The van der Waals surface area contributed by atoms with Crippen LogP contribution in [0.2, 0.25) is 5.02 Å². The molecule has 34 heavy (non-hydrogen) atoms. The Morgan fingerprint density at radius 3 is 2.56 bits per heavy atom. The molecule has 3 atom stereocenters. The van der Waals surface area contributed by atoms with E-state index in [2.05, 4.69) is 5.32 Å². The topological polar surface area (TPSA) is 84.7 Å². The summed E-state index contributed by atoms with van der Waals surface area (Å²) < 4.78 is 45.0. The molecular formula is C24H29ClF3N3O3. The SMILES string of the molecule is NC(=O)C12CC3CC(C1)C(NC(=O)[C@H]1CN(Cc4cc(C(F)(F)F)ccc4Cl)CCO1)C(C3)C2. The van der Waals surface area contributed by atoms with Crippen molar-refractivity contribution >= 4 is 23.4 Å². The zero-order chi connectivity index (χ0) is 24.3. The number of amides is 2. The average Bonchev–Trinajstić information content (AvgIpc) is 2.76. The van der Waals surface area contributed by atoms with Gasteiger partial charge in [0.2, 0.25) is 5.91 Å².